The molecule has 18 heavy (non-hydrogen) atoms. The smallest absolute Gasteiger partial charge is 0.182 e. The summed E-state index contributed by atoms with van der Waals surface area (Å²) in [7, 11) is 0. The van der Waals surface area contributed by atoms with Gasteiger partial charge >= 0.3 is 0 Å². The molecular formula is C13H7BrClNO2. The third-order valence-corrected chi connectivity index (χ3v) is 3.23. The van der Waals surface area contributed by atoms with Gasteiger partial charge in [-0.15, -0.1) is 0 Å². The van der Waals surface area contributed by atoms with E-state index < -0.39 is 0 Å². The van der Waals surface area contributed by atoms with Crippen molar-refractivity contribution < 1.29 is 9.15 Å². The van der Waals surface area contributed by atoms with Gasteiger partial charge in [-0.2, -0.15) is 0 Å². The number of aromatic nitrogens is 1. The van der Waals surface area contributed by atoms with Crippen molar-refractivity contribution in [2.45, 2.75) is 0 Å². The molecule has 0 N–H and O–H groups in total. The molecule has 0 unspecified atom stereocenters. The lowest BCUT2D eigenvalue weighted by Crippen LogP contribution is -1.86. The first-order chi connectivity index (χ1) is 8.74. The number of oxazole rings is 1. The van der Waals surface area contributed by atoms with Gasteiger partial charge in [0, 0.05) is 4.47 Å². The second-order valence-corrected chi connectivity index (χ2v) is 4.95. The van der Waals surface area contributed by atoms with Gasteiger partial charge in [-0.25, -0.2) is 4.98 Å². The second kappa shape index (κ2) is 4.63. The average molecular weight is 325 g/mol. The molecule has 0 aliphatic carbocycles. The molecule has 90 valence electrons. The molecule has 3 nitrogen and oxygen atoms in total. The number of rotatable bonds is 2. The Kier molecular flexibility index (Phi) is 2.97. The summed E-state index contributed by atoms with van der Waals surface area (Å²) in [6, 6.07) is 10.9. The summed E-state index contributed by atoms with van der Waals surface area (Å²) in [5.74, 6) is 1.20. The Labute approximate surface area is 116 Å². The molecule has 0 aliphatic heterocycles. The lowest BCUT2D eigenvalue weighted by atomic mass is 10.3. The van der Waals surface area contributed by atoms with Crippen LogP contribution in [-0.2, 0) is 0 Å². The fourth-order valence-electron chi connectivity index (χ4n) is 1.62. The van der Waals surface area contributed by atoms with Crippen LogP contribution >= 0.6 is 27.5 Å². The van der Waals surface area contributed by atoms with Crippen molar-refractivity contribution in [1.29, 1.82) is 0 Å². The van der Waals surface area contributed by atoms with Crippen molar-refractivity contribution in [2.75, 3.05) is 0 Å². The van der Waals surface area contributed by atoms with Crippen LogP contribution in [0.25, 0.3) is 11.1 Å². The maximum absolute atomic E-state index is 6.11. The van der Waals surface area contributed by atoms with Gasteiger partial charge in [-0.1, -0.05) is 33.6 Å². The van der Waals surface area contributed by atoms with Crippen molar-refractivity contribution in [3.8, 4) is 11.5 Å². The molecule has 0 spiro atoms. The molecule has 1 heterocycles. The number of fused-ring (bicyclic) bond motifs is 1. The van der Waals surface area contributed by atoms with E-state index in [4.69, 9.17) is 20.8 Å². The van der Waals surface area contributed by atoms with Crippen molar-refractivity contribution in [2.24, 2.45) is 0 Å². The molecule has 0 saturated carbocycles. The molecule has 0 saturated heterocycles. The van der Waals surface area contributed by atoms with Crippen LogP contribution in [0.15, 0.2) is 51.7 Å². The van der Waals surface area contributed by atoms with E-state index in [2.05, 4.69) is 20.9 Å². The Bertz CT molecular complexity index is 711. The van der Waals surface area contributed by atoms with Gasteiger partial charge in [-0.05, 0) is 30.3 Å². The first kappa shape index (κ1) is 11.6. The van der Waals surface area contributed by atoms with Crippen LogP contribution in [-0.4, -0.2) is 4.98 Å². The van der Waals surface area contributed by atoms with Crippen LogP contribution in [0.5, 0.6) is 11.5 Å². The molecule has 0 bridgehead atoms. The van der Waals surface area contributed by atoms with Gasteiger partial charge in [0.1, 0.15) is 5.75 Å². The third-order valence-electron chi connectivity index (χ3n) is 2.44. The maximum Gasteiger partial charge on any atom is 0.182 e. The van der Waals surface area contributed by atoms with Crippen molar-refractivity contribution in [1.82, 2.24) is 4.98 Å². The average Bonchev–Trinajstić information content (AvgIpc) is 2.82. The van der Waals surface area contributed by atoms with Crippen LogP contribution < -0.4 is 4.74 Å². The minimum Gasteiger partial charge on any atom is -0.453 e. The molecule has 5 heteroatoms. The SMILES string of the molecule is Clc1cc(Br)ccc1Oc1cccc2ocnc12. The zero-order valence-electron chi connectivity index (χ0n) is 9.06. The Morgan fingerprint density at radius 1 is 1.17 bits per heavy atom. The van der Waals surface area contributed by atoms with E-state index >= 15 is 0 Å². The monoisotopic (exact) mass is 323 g/mol. The fraction of sp³-hybridized carbons (Fsp3) is 0. The van der Waals surface area contributed by atoms with Crippen molar-refractivity contribution in [3.63, 3.8) is 0 Å². The van der Waals surface area contributed by atoms with Crippen LogP contribution in [0.3, 0.4) is 0 Å². The van der Waals surface area contributed by atoms with Crippen LogP contribution in [0.1, 0.15) is 0 Å². The first-order valence-electron chi connectivity index (χ1n) is 5.19. The summed E-state index contributed by atoms with van der Waals surface area (Å²) in [4.78, 5) is 4.12. The molecule has 1 aromatic heterocycles. The van der Waals surface area contributed by atoms with E-state index in [1.807, 2.05) is 24.3 Å². The minimum atomic E-state index is 0.532. The number of para-hydroxylation sites is 1. The largest absolute Gasteiger partial charge is 0.453 e. The number of nitrogens with zero attached hydrogens (tertiary/aromatic N) is 1. The quantitative estimate of drug-likeness (QED) is 0.662. The zero-order chi connectivity index (χ0) is 12.5. The molecule has 0 amide bonds. The molecule has 0 atom stereocenters. The van der Waals surface area contributed by atoms with E-state index in [1.54, 1.807) is 12.1 Å². The van der Waals surface area contributed by atoms with Gasteiger partial charge in [0.25, 0.3) is 0 Å². The van der Waals surface area contributed by atoms with Gasteiger partial charge in [0.2, 0.25) is 0 Å². The first-order valence-corrected chi connectivity index (χ1v) is 6.36. The van der Waals surface area contributed by atoms with E-state index in [1.165, 1.54) is 6.39 Å². The van der Waals surface area contributed by atoms with E-state index in [0.29, 0.717) is 27.6 Å². The summed E-state index contributed by atoms with van der Waals surface area (Å²) in [5, 5.41) is 0.532. The summed E-state index contributed by atoms with van der Waals surface area (Å²) in [6.07, 6.45) is 1.39. The Morgan fingerprint density at radius 2 is 2.06 bits per heavy atom. The predicted octanol–water partition coefficient (Wildman–Crippen LogP) is 5.04. The maximum atomic E-state index is 6.11. The van der Waals surface area contributed by atoms with Crippen LogP contribution in [0.4, 0.5) is 0 Å². The number of ether oxygens (including phenoxy) is 1. The molecule has 0 radical (unpaired) electrons. The highest BCUT2D eigenvalue weighted by molar-refractivity contribution is 9.10. The molecule has 0 fully saturated rings. The third kappa shape index (κ3) is 2.09. The summed E-state index contributed by atoms with van der Waals surface area (Å²) in [6.45, 7) is 0. The van der Waals surface area contributed by atoms with Crippen molar-refractivity contribution >= 4 is 38.6 Å². The molecule has 2 aromatic carbocycles. The van der Waals surface area contributed by atoms with E-state index in [9.17, 15) is 0 Å². The van der Waals surface area contributed by atoms with Crippen LogP contribution in [0, 0.1) is 0 Å². The van der Waals surface area contributed by atoms with Crippen molar-refractivity contribution in [3.05, 3.63) is 52.3 Å². The lowest BCUT2D eigenvalue weighted by Gasteiger charge is -2.07. The fourth-order valence-corrected chi connectivity index (χ4v) is 2.33. The normalized spacial score (nSPS) is 10.8. The van der Waals surface area contributed by atoms with Gasteiger partial charge in [-0.3, -0.25) is 0 Å². The predicted molar refractivity (Wildman–Crippen MR) is 73.2 cm³/mol. The summed E-state index contributed by atoms with van der Waals surface area (Å²) in [5.41, 5.74) is 1.36. The van der Waals surface area contributed by atoms with E-state index in [-0.39, 0.29) is 0 Å². The second-order valence-electron chi connectivity index (χ2n) is 3.63. The summed E-state index contributed by atoms with van der Waals surface area (Å²) >= 11 is 9.45. The molecule has 3 aromatic rings. The number of benzene rings is 2. The minimum absolute atomic E-state index is 0.532. The Balaban J connectivity index is 2.03. The highest BCUT2D eigenvalue weighted by atomic mass is 79.9. The zero-order valence-corrected chi connectivity index (χ0v) is 11.4. The highest BCUT2D eigenvalue weighted by Crippen LogP contribution is 2.34. The molecule has 3 rings (SSSR count). The molecular weight excluding hydrogens is 318 g/mol. The number of hydrogen-bond acceptors (Lipinski definition) is 3. The molecule has 0 aliphatic rings. The standard InChI is InChI=1S/C13H7BrClNO2/c14-8-4-5-10(9(15)6-8)18-12-3-1-2-11-13(12)16-7-17-11/h1-7H. The topological polar surface area (TPSA) is 35.3 Å². The summed E-state index contributed by atoms with van der Waals surface area (Å²) < 4.78 is 11.9. The Hall–Kier alpha value is -1.52. The van der Waals surface area contributed by atoms with Gasteiger partial charge in [0.05, 0.1) is 5.02 Å². The Morgan fingerprint density at radius 3 is 2.89 bits per heavy atom. The number of hydrogen-bond donors (Lipinski definition) is 0. The number of halogens is 2. The highest BCUT2D eigenvalue weighted by Gasteiger charge is 2.09. The van der Waals surface area contributed by atoms with Crippen LogP contribution in [0.2, 0.25) is 5.02 Å². The van der Waals surface area contributed by atoms with E-state index in [0.717, 1.165) is 4.47 Å². The van der Waals surface area contributed by atoms with Gasteiger partial charge < -0.3 is 9.15 Å². The van der Waals surface area contributed by atoms with Gasteiger partial charge in [0.15, 0.2) is 23.2 Å². The lowest BCUT2D eigenvalue weighted by molar-refractivity contribution is 0.487.